The molecule has 0 aliphatic carbocycles. The van der Waals surface area contributed by atoms with E-state index in [1.165, 1.54) is 28.5 Å². The third-order valence-electron chi connectivity index (χ3n) is 6.23. The first kappa shape index (κ1) is 29.6. The minimum atomic E-state index is -3.90. The van der Waals surface area contributed by atoms with Crippen molar-refractivity contribution in [2.45, 2.75) is 31.3 Å². The van der Waals surface area contributed by atoms with Crippen LogP contribution >= 0.6 is 11.6 Å². The number of aromatic nitrogens is 2. The summed E-state index contributed by atoms with van der Waals surface area (Å²) in [5, 5.41) is 3.53. The lowest BCUT2D eigenvalue weighted by Gasteiger charge is -2.20. The molecule has 12 heteroatoms. The van der Waals surface area contributed by atoms with Gasteiger partial charge in [0.15, 0.2) is 0 Å². The minimum absolute atomic E-state index is 0.148. The standard InChI is InChI=1S/C31H28ClN5O5S/c1-31(2,3)42-30(39)34-26-15-9-7-14-22(26)29(38)36-35-28-17-23(25(32)18-33-28)24-19-37(27-16-10-8-13-21(24)27)43(40,41)20-11-5-4-6-12-20/h4-19H,1-3H3,(H,33,35)(H,34,39)(H,36,38). The van der Waals surface area contributed by atoms with E-state index >= 15 is 0 Å². The van der Waals surface area contributed by atoms with Gasteiger partial charge in [-0.15, -0.1) is 0 Å². The molecule has 2 amide bonds. The molecular formula is C31H28ClN5O5S. The molecule has 5 aromatic rings. The van der Waals surface area contributed by atoms with Crippen molar-refractivity contribution in [2.24, 2.45) is 0 Å². The number of hydrazine groups is 1. The van der Waals surface area contributed by atoms with Crippen molar-refractivity contribution in [3.8, 4) is 11.1 Å². The van der Waals surface area contributed by atoms with Crippen molar-refractivity contribution >= 4 is 56.0 Å². The number of ether oxygens (including phenoxy) is 1. The summed E-state index contributed by atoms with van der Waals surface area (Å²) in [6.07, 6.45) is 2.23. The second-order valence-corrected chi connectivity index (χ2v) is 12.7. The zero-order valence-corrected chi connectivity index (χ0v) is 25.0. The molecule has 0 saturated carbocycles. The van der Waals surface area contributed by atoms with Gasteiger partial charge in [-0.3, -0.25) is 21.0 Å². The van der Waals surface area contributed by atoms with Gasteiger partial charge in [0, 0.05) is 28.9 Å². The molecule has 0 atom stereocenters. The maximum absolute atomic E-state index is 13.5. The third kappa shape index (κ3) is 6.47. The number of amides is 2. The van der Waals surface area contributed by atoms with Crippen LogP contribution in [0.25, 0.3) is 22.0 Å². The molecule has 2 heterocycles. The number of pyridine rings is 1. The summed E-state index contributed by atoms with van der Waals surface area (Å²) in [5.74, 6) is -0.302. The predicted molar refractivity (Wildman–Crippen MR) is 167 cm³/mol. The smallest absolute Gasteiger partial charge is 0.412 e. The molecule has 0 spiro atoms. The first-order chi connectivity index (χ1) is 20.4. The SMILES string of the molecule is CC(C)(C)OC(=O)Nc1ccccc1C(=O)NNc1cc(-c2cn(S(=O)(=O)c3ccccc3)c3ccccc23)c(Cl)cn1. The number of anilines is 2. The number of hydrogen-bond acceptors (Lipinski definition) is 7. The van der Waals surface area contributed by atoms with Crippen LogP contribution in [-0.2, 0) is 14.8 Å². The number of nitrogens with one attached hydrogen (secondary N) is 3. The Labute approximate surface area is 253 Å². The van der Waals surface area contributed by atoms with E-state index in [9.17, 15) is 18.0 Å². The van der Waals surface area contributed by atoms with E-state index in [0.717, 1.165) is 0 Å². The van der Waals surface area contributed by atoms with Gasteiger partial charge < -0.3 is 4.74 Å². The Morgan fingerprint density at radius 2 is 1.58 bits per heavy atom. The topological polar surface area (TPSA) is 131 Å². The molecule has 0 bridgehead atoms. The summed E-state index contributed by atoms with van der Waals surface area (Å²) in [6.45, 7) is 5.22. The monoisotopic (exact) mass is 617 g/mol. The van der Waals surface area contributed by atoms with Gasteiger partial charge in [0.05, 0.1) is 26.7 Å². The summed E-state index contributed by atoms with van der Waals surface area (Å²) in [5.41, 5.74) is 6.62. The van der Waals surface area contributed by atoms with Crippen LogP contribution in [0.5, 0.6) is 0 Å². The van der Waals surface area contributed by atoms with Crippen molar-refractivity contribution in [3.63, 3.8) is 0 Å². The molecule has 0 aliphatic rings. The second-order valence-electron chi connectivity index (χ2n) is 10.5. The molecule has 10 nitrogen and oxygen atoms in total. The van der Waals surface area contributed by atoms with E-state index in [1.807, 2.05) is 12.1 Å². The Bertz CT molecular complexity index is 1940. The number of hydrogen-bond donors (Lipinski definition) is 3. The van der Waals surface area contributed by atoms with Crippen LogP contribution in [0.15, 0.2) is 102 Å². The Morgan fingerprint density at radius 3 is 2.33 bits per heavy atom. The van der Waals surface area contributed by atoms with Gasteiger partial charge in [-0.1, -0.05) is 60.1 Å². The molecule has 220 valence electrons. The van der Waals surface area contributed by atoms with Crippen LogP contribution in [0.1, 0.15) is 31.1 Å². The van der Waals surface area contributed by atoms with E-state index in [-0.39, 0.29) is 27.0 Å². The molecule has 0 radical (unpaired) electrons. The lowest BCUT2D eigenvalue weighted by Crippen LogP contribution is -2.31. The first-order valence-electron chi connectivity index (χ1n) is 13.2. The number of nitrogens with zero attached hydrogens (tertiary/aromatic N) is 2. The number of carbonyl (C=O) groups is 2. The van der Waals surface area contributed by atoms with E-state index in [4.69, 9.17) is 16.3 Å². The summed E-state index contributed by atoms with van der Waals surface area (Å²) < 4.78 is 33.6. The van der Waals surface area contributed by atoms with Gasteiger partial charge >= 0.3 is 6.09 Å². The summed E-state index contributed by atoms with van der Waals surface area (Å²) in [7, 11) is -3.90. The van der Waals surface area contributed by atoms with Gasteiger partial charge in [-0.2, -0.15) is 0 Å². The normalized spacial score (nSPS) is 11.6. The van der Waals surface area contributed by atoms with Gasteiger partial charge in [-0.25, -0.2) is 22.2 Å². The van der Waals surface area contributed by atoms with Gasteiger partial charge in [0.2, 0.25) is 0 Å². The molecule has 0 aliphatic heterocycles. The number of fused-ring (bicyclic) bond motifs is 1. The van der Waals surface area contributed by atoms with Gasteiger partial charge in [0.1, 0.15) is 11.4 Å². The van der Waals surface area contributed by atoms with Crippen LogP contribution in [0.4, 0.5) is 16.3 Å². The Kier molecular flexibility index (Phi) is 8.12. The van der Waals surface area contributed by atoms with Crippen molar-refractivity contribution in [1.29, 1.82) is 0 Å². The fourth-order valence-electron chi connectivity index (χ4n) is 4.37. The molecule has 2 aromatic heterocycles. The van der Waals surface area contributed by atoms with E-state index < -0.39 is 27.6 Å². The third-order valence-corrected chi connectivity index (χ3v) is 8.22. The fraction of sp³-hybridized carbons (Fsp3) is 0.129. The van der Waals surface area contributed by atoms with Crippen LogP contribution in [0.3, 0.4) is 0 Å². The quantitative estimate of drug-likeness (QED) is 0.173. The summed E-state index contributed by atoms with van der Waals surface area (Å²) in [4.78, 5) is 29.7. The Morgan fingerprint density at radius 1 is 0.907 bits per heavy atom. The maximum atomic E-state index is 13.5. The Hall–Kier alpha value is -4.87. The Balaban J connectivity index is 1.42. The number of halogens is 1. The lowest BCUT2D eigenvalue weighted by atomic mass is 10.1. The van der Waals surface area contributed by atoms with Crippen molar-refractivity contribution in [3.05, 3.63) is 108 Å². The van der Waals surface area contributed by atoms with Crippen LogP contribution < -0.4 is 16.2 Å². The van der Waals surface area contributed by atoms with E-state index in [0.29, 0.717) is 22.0 Å². The molecule has 5 rings (SSSR count). The molecule has 0 saturated heterocycles. The van der Waals surface area contributed by atoms with Crippen molar-refractivity contribution in [1.82, 2.24) is 14.4 Å². The largest absolute Gasteiger partial charge is 0.444 e. The minimum Gasteiger partial charge on any atom is -0.444 e. The van der Waals surface area contributed by atoms with E-state index in [1.54, 1.807) is 81.4 Å². The van der Waals surface area contributed by atoms with Crippen LogP contribution in [-0.4, -0.2) is 35.0 Å². The number of para-hydroxylation sites is 2. The molecule has 3 aromatic carbocycles. The lowest BCUT2D eigenvalue weighted by molar-refractivity contribution is 0.0636. The molecule has 43 heavy (non-hydrogen) atoms. The fourth-order valence-corrected chi connectivity index (χ4v) is 5.97. The van der Waals surface area contributed by atoms with Crippen molar-refractivity contribution in [2.75, 3.05) is 10.7 Å². The highest BCUT2D eigenvalue weighted by atomic mass is 35.5. The summed E-state index contributed by atoms with van der Waals surface area (Å²) in [6, 6.07) is 23.3. The van der Waals surface area contributed by atoms with Crippen molar-refractivity contribution < 1.29 is 22.7 Å². The van der Waals surface area contributed by atoms with Crippen LogP contribution in [0, 0.1) is 0 Å². The molecule has 0 unspecified atom stereocenters. The second kappa shape index (κ2) is 11.8. The average Bonchev–Trinajstić information content (AvgIpc) is 3.37. The average molecular weight is 618 g/mol. The number of rotatable bonds is 7. The zero-order valence-electron chi connectivity index (χ0n) is 23.5. The number of carbonyl (C=O) groups excluding carboxylic acids is 2. The number of benzene rings is 3. The maximum Gasteiger partial charge on any atom is 0.412 e. The van der Waals surface area contributed by atoms with Crippen LogP contribution in [0.2, 0.25) is 5.02 Å². The predicted octanol–water partition coefficient (Wildman–Crippen LogP) is 6.70. The summed E-state index contributed by atoms with van der Waals surface area (Å²) >= 11 is 6.56. The van der Waals surface area contributed by atoms with Gasteiger partial charge in [0.25, 0.3) is 15.9 Å². The van der Waals surface area contributed by atoms with Gasteiger partial charge in [-0.05, 0) is 57.2 Å². The van der Waals surface area contributed by atoms with E-state index in [2.05, 4.69) is 21.2 Å². The molecule has 3 N–H and O–H groups in total. The first-order valence-corrected chi connectivity index (χ1v) is 15.0. The molecular weight excluding hydrogens is 590 g/mol. The highest BCUT2D eigenvalue weighted by Crippen LogP contribution is 2.37. The molecule has 0 fully saturated rings. The zero-order chi connectivity index (χ0) is 30.8. The highest BCUT2D eigenvalue weighted by Gasteiger charge is 2.23. The highest BCUT2D eigenvalue weighted by molar-refractivity contribution is 7.90.